The van der Waals surface area contributed by atoms with Gasteiger partial charge >= 0.3 is 5.97 Å². The number of carbonyl (C=O) groups is 4. The molecule has 0 saturated heterocycles. The lowest BCUT2D eigenvalue weighted by atomic mass is 9.96. The first-order valence-corrected chi connectivity index (χ1v) is 13.3. The lowest BCUT2D eigenvalue weighted by Gasteiger charge is -2.28. The number of amides is 3. The number of carboxylic acid groups (broad SMARTS) is 1. The Hall–Kier alpha value is -3.18. The Kier molecular flexibility index (Phi) is 14.4. The summed E-state index contributed by atoms with van der Waals surface area (Å²) in [5, 5.41) is 27.2. The number of hydrogen-bond acceptors (Lipinski definition) is 7. The summed E-state index contributed by atoms with van der Waals surface area (Å²) in [6, 6.07) is 2.12. The van der Waals surface area contributed by atoms with Crippen molar-refractivity contribution in [2.24, 2.45) is 23.3 Å². The Labute approximate surface area is 225 Å². The lowest BCUT2D eigenvalue weighted by Crippen LogP contribution is -2.59. The van der Waals surface area contributed by atoms with Crippen LogP contribution < -0.4 is 27.4 Å². The molecule has 1 rings (SSSR count). The molecule has 0 aliphatic rings. The van der Waals surface area contributed by atoms with Crippen LogP contribution in [0, 0.1) is 11.8 Å². The number of rotatable bonds is 17. The Balaban J connectivity index is 3.16. The number of carbonyl (C=O) groups excluding carboxylic acids is 3. The van der Waals surface area contributed by atoms with Crippen molar-refractivity contribution in [3.8, 4) is 5.75 Å². The molecule has 0 saturated carbocycles. The Morgan fingerprint density at radius 3 is 1.92 bits per heavy atom. The molecule has 0 radical (unpaired) electrons. The van der Waals surface area contributed by atoms with Crippen LogP contribution in [0.5, 0.6) is 5.75 Å². The molecule has 0 fully saturated rings. The van der Waals surface area contributed by atoms with Crippen LogP contribution in [0.4, 0.5) is 0 Å². The van der Waals surface area contributed by atoms with E-state index in [4.69, 9.17) is 11.5 Å². The molecule has 0 bridgehead atoms. The standard InChI is InChI=1S/C27H45N5O6/c1-5-16(3)22(31-24(34)20(29)9-7-8-14-28)26(36)30-21(15-18-10-12-19(33)13-11-18)25(35)32-23(27(37)38)17(4)6-2/h10-13,16-17,20-23,33H,5-9,14-15,28-29H2,1-4H3,(H,30,36)(H,31,34)(H,32,35)(H,37,38). The molecule has 1 aromatic carbocycles. The van der Waals surface area contributed by atoms with Gasteiger partial charge in [-0.2, -0.15) is 0 Å². The molecule has 11 nitrogen and oxygen atoms in total. The van der Waals surface area contributed by atoms with Gasteiger partial charge in [0, 0.05) is 6.42 Å². The van der Waals surface area contributed by atoms with E-state index < -0.39 is 47.9 Å². The fourth-order valence-corrected chi connectivity index (χ4v) is 3.88. The van der Waals surface area contributed by atoms with Crippen molar-refractivity contribution < 1.29 is 29.4 Å². The van der Waals surface area contributed by atoms with Crippen LogP contribution in [0.2, 0.25) is 0 Å². The summed E-state index contributed by atoms with van der Waals surface area (Å²) in [5.41, 5.74) is 12.2. The van der Waals surface area contributed by atoms with Gasteiger partial charge in [0.15, 0.2) is 0 Å². The molecule has 0 aliphatic carbocycles. The number of nitrogens with two attached hydrogens (primary N) is 2. The van der Waals surface area contributed by atoms with Crippen molar-refractivity contribution in [1.82, 2.24) is 16.0 Å². The van der Waals surface area contributed by atoms with Gasteiger partial charge in [0.2, 0.25) is 17.7 Å². The quantitative estimate of drug-likeness (QED) is 0.143. The fraction of sp³-hybridized carbons (Fsp3) is 0.630. The molecular weight excluding hydrogens is 490 g/mol. The van der Waals surface area contributed by atoms with Crippen LogP contribution in [0.1, 0.15) is 65.4 Å². The number of carboxylic acids is 1. The summed E-state index contributed by atoms with van der Waals surface area (Å²) in [6.07, 6.45) is 2.99. The first-order chi connectivity index (χ1) is 17.9. The third kappa shape index (κ3) is 10.7. The number of benzene rings is 1. The fourth-order valence-electron chi connectivity index (χ4n) is 3.88. The maximum absolute atomic E-state index is 13.4. The van der Waals surface area contributed by atoms with E-state index in [2.05, 4.69) is 16.0 Å². The van der Waals surface area contributed by atoms with E-state index in [1.807, 2.05) is 20.8 Å². The van der Waals surface area contributed by atoms with Gasteiger partial charge in [-0.15, -0.1) is 0 Å². The van der Waals surface area contributed by atoms with E-state index in [1.54, 1.807) is 19.1 Å². The van der Waals surface area contributed by atoms with E-state index >= 15 is 0 Å². The molecule has 11 heteroatoms. The largest absolute Gasteiger partial charge is 0.508 e. The molecule has 38 heavy (non-hydrogen) atoms. The summed E-state index contributed by atoms with van der Waals surface area (Å²) in [7, 11) is 0. The molecule has 0 spiro atoms. The average Bonchev–Trinajstić information content (AvgIpc) is 2.89. The number of unbranched alkanes of at least 4 members (excludes halogenated alkanes) is 1. The predicted octanol–water partition coefficient (Wildman–Crippen LogP) is 1.02. The van der Waals surface area contributed by atoms with Crippen LogP contribution in [0.25, 0.3) is 0 Å². The van der Waals surface area contributed by atoms with Crippen molar-refractivity contribution in [3.63, 3.8) is 0 Å². The second kappa shape index (κ2) is 16.6. The number of phenolic OH excluding ortho intramolecular Hbond substituents is 1. The van der Waals surface area contributed by atoms with E-state index in [9.17, 15) is 29.4 Å². The summed E-state index contributed by atoms with van der Waals surface area (Å²) in [4.78, 5) is 51.2. The number of nitrogens with one attached hydrogen (secondary N) is 3. The van der Waals surface area contributed by atoms with Gasteiger partial charge in [-0.05, 0) is 48.9 Å². The van der Waals surface area contributed by atoms with E-state index in [0.29, 0.717) is 37.8 Å². The molecule has 0 heterocycles. The predicted molar refractivity (Wildman–Crippen MR) is 145 cm³/mol. The highest BCUT2D eigenvalue weighted by molar-refractivity contribution is 5.94. The second-order valence-electron chi connectivity index (χ2n) is 9.90. The first-order valence-electron chi connectivity index (χ1n) is 13.3. The van der Waals surface area contributed by atoms with Crippen LogP contribution in [0.15, 0.2) is 24.3 Å². The zero-order valence-corrected chi connectivity index (χ0v) is 22.9. The Morgan fingerprint density at radius 2 is 1.39 bits per heavy atom. The molecule has 6 atom stereocenters. The zero-order valence-electron chi connectivity index (χ0n) is 22.9. The Morgan fingerprint density at radius 1 is 0.842 bits per heavy atom. The lowest BCUT2D eigenvalue weighted by molar-refractivity contribution is -0.143. The van der Waals surface area contributed by atoms with Crippen LogP contribution in [0.3, 0.4) is 0 Å². The monoisotopic (exact) mass is 535 g/mol. The number of aromatic hydroxyl groups is 1. The van der Waals surface area contributed by atoms with Crippen molar-refractivity contribution in [2.45, 2.75) is 90.4 Å². The van der Waals surface area contributed by atoms with Gasteiger partial charge in [0.1, 0.15) is 23.9 Å². The number of phenols is 1. The smallest absolute Gasteiger partial charge is 0.326 e. The maximum Gasteiger partial charge on any atom is 0.326 e. The summed E-state index contributed by atoms with van der Waals surface area (Å²) < 4.78 is 0. The first kappa shape index (κ1) is 32.8. The number of aliphatic carboxylic acids is 1. The molecule has 3 amide bonds. The average molecular weight is 536 g/mol. The zero-order chi connectivity index (χ0) is 28.8. The highest BCUT2D eigenvalue weighted by Crippen LogP contribution is 2.14. The van der Waals surface area contributed by atoms with Crippen LogP contribution in [-0.4, -0.2) is 64.6 Å². The van der Waals surface area contributed by atoms with Gasteiger partial charge in [-0.25, -0.2) is 4.79 Å². The third-order valence-electron chi connectivity index (χ3n) is 6.89. The second-order valence-corrected chi connectivity index (χ2v) is 9.90. The SMILES string of the molecule is CCC(C)C(NC(=O)C(Cc1ccc(O)cc1)NC(=O)C(NC(=O)C(N)CCCCN)C(C)CC)C(=O)O. The third-order valence-corrected chi connectivity index (χ3v) is 6.89. The van der Waals surface area contributed by atoms with E-state index in [1.165, 1.54) is 12.1 Å². The van der Waals surface area contributed by atoms with E-state index in [-0.39, 0.29) is 24.0 Å². The summed E-state index contributed by atoms with van der Waals surface area (Å²) in [5.74, 6) is -3.43. The van der Waals surface area contributed by atoms with Crippen LogP contribution in [-0.2, 0) is 25.6 Å². The minimum absolute atomic E-state index is 0.0452. The maximum atomic E-state index is 13.4. The highest BCUT2D eigenvalue weighted by Gasteiger charge is 2.33. The molecule has 9 N–H and O–H groups in total. The summed E-state index contributed by atoms with van der Waals surface area (Å²) >= 11 is 0. The molecule has 214 valence electrons. The van der Waals surface area contributed by atoms with E-state index in [0.717, 1.165) is 6.42 Å². The normalized spacial score (nSPS) is 15.8. The Bertz CT molecular complexity index is 910. The van der Waals surface area contributed by atoms with Crippen LogP contribution >= 0.6 is 0 Å². The van der Waals surface area contributed by atoms with Gasteiger partial charge < -0.3 is 37.6 Å². The van der Waals surface area contributed by atoms with Gasteiger partial charge in [0.05, 0.1) is 6.04 Å². The minimum Gasteiger partial charge on any atom is -0.508 e. The molecule has 0 aromatic heterocycles. The minimum atomic E-state index is -1.17. The highest BCUT2D eigenvalue weighted by atomic mass is 16.4. The van der Waals surface area contributed by atoms with Crippen molar-refractivity contribution in [3.05, 3.63) is 29.8 Å². The molecule has 0 aliphatic heterocycles. The van der Waals surface area contributed by atoms with Crippen molar-refractivity contribution in [1.29, 1.82) is 0 Å². The van der Waals surface area contributed by atoms with Gasteiger partial charge in [-0.3, -0.25) is 14.4 Å². The number of hydrogen-bond donors (Lipinski definition) is 7. The molecular formula is C27H45N5O6. The van der Waals surface area contributed by atoms with Gasteiger partial charge in [-0.1, -0.05) is 59.1 Å². The molecule has 6 unspecified atom stereocenters. The topological polar surface area (TPSA) is 197 Å². The van der Waals surface area contributed by atoms with Crippen molar-refractivity contribution >= 4 is 23.7 Å². The van der Waals surface area contributed by atoms with Gasteiger partial charge in [0.25, 0.3) is 0 Å². The van der Waals surface area contributed by atoms with Crippen molar-refractivity contribution in [2.75, 3.05) is 6.54 Å². The molecule has 1 aromatic rings. The summed E-state index contributed by atoms with van der Waals surface area (Å²) in [6.45, 7) is 7.72.